The van der Waals surface area contributed by atoms with E-state index in [0.717, 1.165) is 11.1 Å². The number of hydrogen-bond acceptors (Lipinski definition) is 10. The van der Waals surface area contributed by atoms with Crippen molar-refractivity contribution in [1.29, 1.82) is 0 Å². The second kappa shape index (κ2) is 12.4. The molecule has 0 spiro atoms. The number of benzene rings is 1. The molecule has 0 aromatic heterocycles. The number of terminal acetylenes is 2. The largest absolute Gasteiger partial charge is 0.368 e. The Morgan fingerprint density at radius 1 is 0.725 bits per heavy atom. The lowest BCUT2D eigenvalue weighted by molar-refractivity contribution is -0.224. The molecule has 0 radical (unpaired) electrons. The zero-order valence-corrected chi connectivity index (χ0v) is 23.4. The van der Waals surface area contributed by atoms with Crippen LogP contribution in [-0.4, -0.2) is 87.2 Å². The van der Waals surface area contributed by atoms with Gasteiger partial charge in [-0.25, -0.2) is 0 Å². The van der Waals surface area contributed by atoms with E-state index in [4.69, 9.17) is 60.2 Å². The molecule has 0 unspecified atom stereocenters. The zero-order valence-electron chi connectivity index (χ0n) is 23.4. The summed E-state index contributed by atoms with van der Waals surface area (Å²) < 4.78 is 59.7. The van der Waals surface area contributed by atoms with Gasteiger partial charge in [-0.15, -0.1) is 12.8 Å². The number of hydrogen-bond donors (Lipinski definition) is 0. The predicted molar refractivity (Wildman–Crippen MR) is 140 cm³/mol. The molecule has 0 bridgehead atoms. The molecule has 40 heavy (non-hydrogen) atoms. The Morgan fingerprint density at radius 2 is 1.18 bits per heavy atom. The fourth-order valence-electron chi connectivity index (χ4n) is 5.43. The van der Waals surface area contributed by atoms with Gasteiger partial charge in [0.25, 0.3) is 0 Å². The van der Waals surface area contributed by atoms with E-state index in [1.165, 1.54) is 0 Å². The van der Waals surface area contributed by atoms with Crippen molar-refractivity contribution in [3.63, 3.8) is 0 Å². The molecule has 218 valence electrons. The van der Waals surface area contributed by atoms with Gasteiger partial charge in [0.05, 0.1) is 26.4 Å². The van der Waals surface area contributed by atoms with Crippen LogP contribution in [0.15, 0.2) is 24.3 Å². The van der Waals surface area contributed by atoms with Crippen molar-refractivity contribution in [1.82, 2.24) is 0 Å². The molecule has 1 aromatic rings. The van der Waals surface area contributed by atoms with Crippen molar-refractivity contribution in [3.8, 4) is 24.7 Å². The van der Waals surface area contributed by atoms with Crippen molar-refractivity contribution < 1.29 is 47.4 Å². The first-order valence-corrected chi connectivity index (χ1v) is 13.5. The molecule has 0 amide bonds. The maximum absolute atomic E-state index is 6.33. The Hall–Kier alpha value is -2.06. The lowest BCUT2D eigenvalue weighted by atomic mass is 10.1. The van der Waals surface area contributed by atoms with Crippen molar-refractivity contribution >= 4 is 0 Å². The first kappa shape index (κ1) is 29.4. The number of rotatable bonds is 12. The highest BCUT2D eigenvalue weighted by Crippen LogP contribution is 2.40. The minimum Gasteiger partial charge on any atom is -0.368 e. The van der Waals surface area contributed by atoms with Gasteiger partial charge in [0, 0.05) is 0 Å². The van der Waals surface area contributed by atoms with Crippen LogP contribution in [0.1, 0.15) is 38.8 Å². The molecule has 10 heteroatoms. The third-order valence-electron chi connectivity index (χ3n) is 6.99. The molecule has 1 aromatic carbocycles. The Labute approximate surface area is 235 Å². The van der Waals surface area contributed by atoms with Gasteiger partial charge in [-0.1, -0.05) is 36.1 Å². The normalized spacial score (nSPS) is 35.2. The molecule has 4 aliphatic rings. The zero-order chi connectivity index (χ0) is 28.3. The van der Waals surface area contributed by atoms with Gasteiger partial charge in [0.15, 0.2) is 24.2 Å². The molecule has 4 heterocycles. The van der Waals surface area contributed by atoms with Gasteiger partial charge < -0.3 is 47.4 Å². The highest BCUT2D eigenvalue weighted by molar-refractivity contribution is 5.22. The molecule has 0 N–H and O–H groups in total. The average Bonchev–Trinajstić information content (AvgIpc) is 3.57. The molecule has 0 aliphatic carbocycles. The Kier molecular flexibility index (Phi) is 9.15. The van der Waals surface area contributed by atoms with Crippen LogP contribution in [0.4, 0.5) is 0 Å². The van der Waals surface area contributed by atoms with Gasteiger partial charge in [0.1, 0.15) is 49.8 Å². The summed E-state index contributed by atoms with van der Waals surface area (Å²) in [4.78, 5) is 0. The second-order valence-electron chi connectivity index (χ2n) is 11.1. The molecular weight excluding hydrogens is 520 g/mol. The maximum Gasteiger partial charge on any atom is 0.190 e. The first-order valence-electron chi connectivity index (χ1n) is 13.5. The standard InChI is InChI=1S/C30H38O10/c1-7-12-31-17-21-23(25-27(35-21)39-29(3,4)37-25)33-15-19-10-9-11-20(14-19)16-34-24-22(18-32-13-8-2)36-28-26(24)38-30(5,6)40-28/h1-2,9-11,14,21-28H,12-13,15-18H2,3-6H3/t21-,22-,23+,24+,25-,26-,27-,28-/m1/s1. The summed E-state index contributed by atoms with van der Waals surface area (Å²) in [6.45, 7) is 9.03. The van der Waals surface area contributed by atoms with E-state index < -0.39 is 24.2 Å². The van der Waals surface area contributed by atoms with Crippen molar-refractivity contribution in [2.24, 2.45) is 0 Å². The molecule has 10 nitrogen and oxygen atoms in total. The van der Waals surface area contributed by atoms with Crippen LogP contribution in [0.5, 0.6) is 0 Å². The Bertz CT molecular complexity index is 1010. The lowest BCUT2D eigenvalue weighted by Gasteiger charge is -2.26. The van der Waals surface area contributed by atoms with E-state index in [9.17, 15) is 0 Å². The van der Waals surface area contributed by atoms with Crippen LogP contribution in [0.2, 0.25) is 0 Å². The average molecular weight is 559 g/mol. The van der Waals surface area contributed by atoms with E-state index in [1.807, 2.05) is 52.0 Å². The van der Waals surface area contributed by atoms with Gasteiger partial charge in [-0.3, -0.25) is 0 Å². The van der Waals surface area contributed by atoms with Gasteiger partial charge in [-0.05, 0) is 38.8 Å². The summed E-state index contributed by atoms with van der Waals surface area (Å²) >= 11 is 0. The smallest absolute Gasteiger partial charge is 0.190 e. The highest BCUT2D eigenvalue weighted by atomic mass is 16.9. The number of ether oxygens (including phenoxy) is 10. The van der Waals surface area contributed by atoms with E-state index in [1.54, 1.807) is 0 Å². The molecule has 4 fully saturated rings. The molecule has 0 saturated carbocycles. The van der Waals surface area contributed by atoms with E-state index in [0.29, 0.717) is 13.2 Å². The van der Waals surface area contributed by atoms with E-state index in [-0.39, 0.29) is 63.1 Å². The Balaban J connectivity index is 1.20. The van der Waals surface area contributed by atoms with Crippen molar-refractivity contribution in [3.05, 3.63) is 35.4 Å². The molecule has 8 atom stereocenters. The highest BCUT2D eigenvalue weighted by Gasteiger charge is 2.56. The summed E-state index contributed by atoms with van der Waals surface area (Å²) in [5.41, 5.74) is 1.95. The molecule has 5 rings (SSSR count). The van der Waals surface area contributed by atoms with Gasteiger partial charge >= 0.3 is 0 Å². The van der Waals surface area contributed by atoms with Gasteiger partial charge in [-0.2, -0.15) is 0 Å². The van der Waals surface area contributed by atoms with Crippen LogP contribution in [0.25, 0.3) is 0 Å². The molecule has 4 aliphatic heterocycles. The van der Waals surface area contributed by atoms with Crippen molar-refractivity contribution in [2.45, 2.75) is 102 Å². The SMILES string of the molecule is C#CCOC[C@H]1O[C@@H]2OC(C)(C)O[C@@H]2[C@H]1OCc1cccc(CO[C@@H]2[C@H]3OC(C)(C)O[C@H]3O[C@@H]2COCC#C)c1. The quantitative estimate of drug-likeness (QED) is 0.282. The lowest BCUT2D eigenvalue weighted by Crippen LogP contribution is -2.39. The predicted octanol–water partition coefficient (Wildman–Crippen LogP) is 2.51. The third kappa shape index (κ3) is 6.87. The fraction of sp³-hybridized carbons (Fsp3) is 0.667. The van der Waals surface area contributed by atoms with Crippen molar-refractivity contribution in [2.75, 3.05) is 26.4 Å². The van der Waals surface area contributed by atoms with Gasteiger partial charge in [0.2, 0.25) is 0 Å². The third-order valence-corrected chi connectivity index (χ3v) is 6.99. The summed E-state index contributed by atoms with van der Waals surface area (Å²) in [7, 11) is 0. The summed E-state index contributed by atoms with van der Waals surface area (Å²) in [5, 5.41) is 0. The second-order valence-corrected chi connectivity index (χ2v) is 11.1. The van der Waals surface area contributed by atoms with Crippen LogP contribution < -0.4 is 0 Å². The fourth-order valence-corrected chi connectivity index (χ4v) is 5.43. The van der Waals surface area contributed by atoms with E-state index >= 15 is 0 Å². The minimum atomic E-state index is -0.755. The topological polar surface area (TPSA) is 92.3 Å². The van der Waals surface area contributed by atoms with Crippen LogP contribution in [-0.2, 0) is 60.6 Å². The molecular formula is C30H38O10. The number of fused-ring (bicyclic) bond motifs is 2. The minimum absolute atomic E-state index is 0.191. The maximum atomic E-state index is 6.33. The summed E-state index contributed by atoms with van der Waals surface area (Å²) in [6.07, 6.45) is 7.34. The summed E-state index contributed by atoms with van der Waals surface area (Å²) in [5.74, 6) is 3.42. The monoisotopic (exact) mass is 558 g/mol. The van der Waals surface area contributed by atoms with Crippen LogP contribution >= 0.6 is 0 Å². The van der Waals surface area contributed by atoms with E-state index in [2.05, 4.69) is 11.8 Å². The Morgan fingerprint density at radius 3 is 1.60 bits per heavy atom. The first-order chi connectivity index (χ1) is 19.2. The molecule has 4 saturated heterocycles. The summed E-state index contributed by atoms with van der Waals surface area (Å²) in [6, 6.07) is 8.01. The van der Waals surface area contributed by atoms with Crippen LogP contribution in [0.3, 0.4) is 0 Å². The van der Waals surface area contributed by atoms with Crippen LogP contribution in [0, 0.1) is 24.7 Å².